The second-order valence-corrected chi connectivity index (χ2v) is 11.3. The fourth-order valence-electron chi connectivity index (χ4n) is 4.69. The predicted octanol–water partition coefficient (Wildman–Crippen LogP) is 5.85. The van der Waals surface area contributed by atoms with E-state index in [4.69, 9.17) is 16.3 Å². The second kappa shape index (κ2) is 13.0. The van der Waals surface area contributed by atoms with Crippen molar-refractivity contribution >= 4 is 63.3 Å². The Morgan fingerprint density at radius 3 is 2.76 bits per heavy atom. The minimum atomic E-state index is -0.564. The maximum absolute atomic E-state index is 13.3. The summed E-state index contributed by atoms with van der Waals surface area (Å²) in [6.07, 6.45) is 5.04. The van der Waals surface area contributed by atoms with Gasteiger partial charge in [0.25, 0.3) is 0 Å². The monoisotopic (exact) mass is 588 g/mol. The number of hydrogen-bond donors (Lipinski definition) is 2. The van der Waals surface area contributed by atoms with E-state index in [0.29, 0.717) is 58.4 Å². The number of thioether (sulfide) groups is 1. The first-order chi connectivity index (χ1) is 19.9. The molecular formula is C30H29ClN6O3S. The highest BCUT2D eigenvalue weighted by Crippen LogP contribution is 2.32. The van der Waals surface area contributed by atoms with Crippen molar-refractivity contribution in [2.24, 2.45) is 0 Å². The Bertz CT molecular complexity index is 1570. The van der Waals surface area contributed by atoms with Crippen molar-refractivity contribution in [1.82, 2.24) is 19.9 Å². The SMILES string of the molecule is C=CC(=O)N1C[C@H](SCC)C[C@H]1C(=O)Nc1ccc2ncnc(Nc3ccc(OCc4ccccn4)c(Cl)c3)c2c1. The van der Waals surface area contributed by atoms with Gasteiger partial charge in [0.15, 0.2) is 0 Å². The van der Waals surface area contributed by atoms with Crippen LogP contribution in [0.2, 0.25) is 5.02 Å². The van der Waals surface area contributed by atoms with Crippen molar-refractivity contribution < 1.29 is 14.3 Å². The van der Waals surface area contributed by atoms with Gasteiger partial charge in [-0.05, 0) is 66.8 Å². The van der Waals surface area contributed by atoms with Crippen molar-refractivity contribution in [1.29, 1.82) is 0 Å². The van der Waals surface area contributed by atoms with Crippen molar-refractivity contribution in [3.05, 3.63) is 90.5 Å². The highest BCUT2D eigenvalue weighted by Gasteiger charge is 2.38. The van der Waals surface area contributed by atoms with E-state index in [1.807, 2.05) is 36.4 Å². The molecule has 1 aliphatic heterocycles. The maximum atomic E-state index is 13.3. The Labute approximate surface area is 247 Å². The van der Waals surface area contributed by atoms with E-state index < -0.39 is 6.04 Å². The topological polar surface area (TPSA) is 109 Å². The van der Waals surface area contributed by atoms with Crippen LogP contribution in [-0.4, -0.2) is 55.3 Å². The molecule has 41 heavy (non-hydrogen) atoms. The number of hydrogen-bond acceptors (Lipinski definition) is 8. The molecule has 0 radical (unpaired) electrons. The summed E-state index contributed by atoms with van der Waals surface area (Å²) in [5, 5.41) is 7.63. The van der Waals surface area contributed by atoms with Crippen molar-refractivity contribution in [3.8, 4) is 5.75 Å². The first-order valence-electron chi connectivity index (χ1n) is 13.1. The minimum absolute atomic E-state index is 0.207. The summed E-state index contributed by atoms with van der Waals surface area (Å²) in [6, 6.07) is 15.9. The number of carbonyl (C=O) groups is 2. The first-order valence-corrected chi connectivity index (χ1v) is 14.6. The van der Waals surface area contributed by atoms with Crippen LogP contribution < -0.4 is 15.4 Å². The van der Waals surface area contributed by atoms with Crippen molar-refractivity contribution in [2.75, 3.05) is 22.9 Å². The number of fused-ring (bicyclic) bond motifs is 1. The average molecular weight is 589 g/mol. The van der Waals surface area contributed by atoms with Gasteiger partial charge in [-0.25, -0.2) is 9.97 Å². The van der Waals surface area contributed by atoms with Gasteiger partial charge in [-0.15, -0.1) is 0 Å². The molecule has 0 aliphatic carbocycles. The minimum Gasteiger partial charge on any atom is -0.486 e. The number of aromatic nitrogens is 3. The first kappa shape index (κ1) is 28.4. The van der Waals surface area contributed by atoms with E-state index in [1.165, 1.54) is 12.4 Å². The van der Waals surface area contributed by atoms with E-state index >= 15 is 0 Å². The van der Waals surface area contributed by atoms with Crippen LogP contribution in [0.15, 0.2) is 79.8 Å². The number of nitrogens with one attached hydrogen (secondary N) is 2. The second-order valence-electron chi connectivity index (χ2n) is 9.35. The number of pyridine rings is 1. The number of benzene rings is 2. The third-order valence-electron chi connectivity index (χ3n) is 6.62. The number of ether oxygens (including phenoxy) is 1. The number of rotatable bonds is 10. The summed E-state index contributed by atoms with van der Waals surface area (Å²) in [6.45, 7) is 6.49. The van der Waals surface area contributed by atoms with Crippen LogP contribution >= 0.6 is 23.4 Å². The molecule has 11 heteroatoms. The molecule has 2 aromatic carbocycles. The lowest BCUT2D eigenvalue weighted by molar-refractivity contribution is -0.132. The van der Waals surface area contributed by atoms with Gasteiger partial charge < -0.3 is 20.3 Å². The maximum Gasteiger partial charge on any atom is 0.247 e. The Morgan fingerprint density at radius 2 is 2.00 bits per heavy atom. The number of amides is 2. The van der Waals surface area contributed by atoms with Gasteiger partial charge in [0, 0.05) is 34.8 Å². The van der Waals surface area contributed by atoms with Crippen LogP contribution in [0.5, 0.6) is 5.75 Å². The number of anilines is 3. The van der Waals surface area contributed by atoms with E-state index in [2.05, 4.69) is 39.1 Å². The van der Waals surface area contributed by atoms with Gasteiger partial charge >= 0.3 is 0 Å². The molecule has 5 rings (SSSR count). The fourth-order valence-corrected chi connectivity index (χ4v) is 5.98. The van der Waals surface area contributed by atoms with Crippen LogP contribution in [0.1, 0.15) is 19.0 Å². The van der Waals surface area contributed by atoms with Gasteiger partial charge in [0.1, 0.15) is 30.5 Å². The zero-order valence-electron chi connectivity index (χ0n) is 22.4. The number of carbonyl (C=O) groups excluding carboxylic acids is 2. The molecule has 2 amide bonds. The quantitative estimate of drug-likeness (QED) is 0.222. The van der Waals surface area contributed by atoms with E-state index in [-0.39, 0.29) is 17.1 Å². The van der Waals surface area contributed by atoms with Gasteiger partial charge in [0.05, 0.1) is 16.2 Å². The highest BCUT2D eigenvalue weighted by atomic mass is 35.5. The van der Waals surface area contributed by atoms with Crippen LogP contribution in [-0.2, 0) is 16.2 Å². The third kappa shape index (κ3) is 6.78. The lowest BCUT2D eigenvalue weighted by atomic mass is 10.1. The van der Waals surface area contributed by atoms with Crippen LogP contribution in [0.25, 0.3) is 10.9 Å². The summed E-state index contributed by atoms with van der Waals surface area (Å²) in [5.74, 6) is 1.53. The zero-order valence-corrected chi connectivity index (χ0v) is 24.0. The summed E-state index contributed by atoms with van der Waals surface area (Å²) in [4.78, 5) is 40.4. The molecular weight excluding hydrogens is 560 g/mol. The Morgan fingerprint density at radius 1 is 1.15 bits per heavy atom. The summed E-state index contributed by atoms with van der Waals surface area (Å²) in [7, 11) is 0. The van der Waals surface area contributed by atoms with E-state index in [1.54, 1.807) is 41.1 Å². The number of nitrogens with zero attached hydrogens (tertiary/aromatic N) is 4. The lowest BCUT2D eigenvalue weighted by Crippen LogP contribution is -2.42. The van der Waals surface area contributed by atoms with Crippen LogP contribution in [0, 0.1) is 0 Å². The van der Waals surface area contributed by atoms with Gasteiger partial charge in [-0.2, -0.15) is 11.8 Å². The molecule has 1 saturated heterocycles. The van der Waals surface area contributed by atoms with E-state index in [9.17, 15) is 9.59 Å². The Balaban J connectivity index is 1.31. The van der Waals surface area contributed by atoms with Crippen LogP contribution in [0.4, 0.5) is 17.2 Å². The van der Waals surface area contributed by atoms with Gasteiger partial charge in [0.2, 0.25) is 11.8 Å². The lowest BCUT2D eigenvalue weighted by Gasteiger charge is -2.22. The third-order valence-corrected chi connectivity index (χ3v) is 8.07. The van der Waals surface area contributed by atoms with Crippen LogP contribution in [0.3, 0.4) is 0 Å². The average Bonchev–Trinajstić information content (AvgIpc) is 3.41. The van der Waals surface area contributed by atoms with Gasteiger partial charge in [-0.1, -0.05) is 31.2 Å². The molecule has 2 N–H and O–H groups in total. The fraction of sp³-hybridized carbons (Fsp3) is 0.233. The molecule has 9 nitrogen and oxygen atoms in total. The number of halogens is 1. The largest absolute Gasteiger partial charge is 0.486 e. The molecule has 0 unspecified atom stereocenters. The Kier molecular flexibility index (Phi) is 9.01. The number of likely N-dealkylation sites (tertiary alicyclic amines) is 1. The normalized spacial score (nSPS) is 16.4. The standard InChI is InChI=1S/C30H29ClN6O3S/c1-3-28(38)37-16-22(41-4-2)15-26(37)30(39)36-19-8-10-25-23(13-19)29(34-18-33-25)35-20-9-11-27(24(31)14-20)40-17-21-7-5-6-12-32-21/h3,5-14,18,22,26H,1,4,15-17H2,2H3,(H,36,39)(H,33,34,35)/t22-,26+/m1/s1. The smallest absolute Gasteiger partial charge is 0.247 e. The Hall–Kier alpha value is -4.15. The summed E-state index contributed by atoms with van der Waals surface area (Å²) >= 11 is 8.25. The molecule has 1 aliphatic rings. The molecule has 4 aromatic rings. The summed E-state index contributed by atoms with van der Waals surface area (Å²) in [5.41, 5.74) is 2.78. The molecule has 1 fully saturated rings. The molecule has 2 atom stereocenters. The summed E-state index contributed by atoms with van der Waals surface area (Å²) < 4.78 is 5.82. The van der Waals surface area contributed by atoms with Crippen molar-refractivity contribution in [2.45, 2.75) is 31.2 Å². The predicted molar refractivity (Wildman–Crippen MR) is 164 cm³/mol. The highest BCUT2D eigenvalue weighted by molar-refractivity contribution is 7.99. The molecule has 0 spiro atoms. The molecule has 210 valence electrons. The van der Waals surface area contributed by atoms with Crippen molar-refractivity contribution in [3.63, 3.8) is 0 Å². The molecule has 3 heterocycles. The van der Waals surface area contributed by atoms with Gasteiger partial charge in [-0.3, -0.25) is 14.6 Å². The molecule has 0 bridgehead atoms. The zero-order chi connectivity index (χ0) is 28.8. The van der Waals surface area contributed by atoms with E-state index in [0.717, 1.165) is 11.4 Å². The molecule has 2 aromatic heterocycles. The molecule has 0 saturated carbocycles.